The molecule has 0 fully saturated rings. The van der Waals surface area contributed by atoms with Gasteiger partial charge in [-0.3, -0.25) is 19.7 Å². The third-order valence-electron chi connectivity index (χ3n) is 4.23. The number of thioether (sulfide) groups is 1. The molecule has 2 aromatic carbocycles. The summed E-state index contributed by atoms with van der Waals surface area (Å²) in [5.41, 5.74) is 0.373. The van der Waals surface area contributed by atoms with E-state index in [1.54, 1.807) is 24.3 Å². The number of nitro groups is 1. The second-order valence-electron chi connectivity index (χ2n) is 6.51. The molecule has 0 aliphatic carbocycles. The molecule has 2 rings (SSSR count). The van der Waals surface area contributed by atoms with Crippen LogP contribution in [0.25, 0.3) is 6.08 Å². The Morgan fingerprint density at radius 2 is 1.78 bits per heavy atom. The van der Waals surface area contributed by atoms with Gasteiger partial charge in [0.2, 0.25) is 0 Å². The monoisotopic (exact) mass is 521 g/mol. The number of amides is 2. The summed E-state index contributed by atoms with van der Waals surface area (Å²) < 4.78 is 0.770. The first-order chi connectivity index (χ1) is 15.2. The zero-order valence-corrected chi connectivity index (χ0v) is 19.3. The van der Waals surface area contributed by atoms with Crippen LogP contribution in [0.4, 0.5) is 5.69 Å². The third-order valence-corrected chi connectivity index (χ3v) is 5.40. The number of hydrogen-bond donors (Lipinski definition) is 3. The highest BCUT2D eigenvalue weighted by Crippen LogP contribution is 2.15. The first-order valence-electron chi connectivity index (χ1n) is 9.27. The predicted octanol–water partition coefficient (Wildman–Crippen LogP) is 3.45. The van der Waals surface area contributed by atoms with Crippen LogP contribution in [0, 0.1) is 10.1 Å². The number of non-ortho nitro benzene ring substituents is 1. The first kappa shape index (κ1) is 25.1. The number of nitrogens with zero attached hydrogens (tertiary/aromatic N) is 1. The van der Waals surface area contributed by atoms with Crippen LogP contribution in [0.1, 0.15) is 22.3 Å². The summed E-state index contributed by atoms with van der Waals surface area (Å²) in [6, 6.07) is 10.7. The van der Waals surface area contributed by atoms with E-state index in [0.29, 0.717) is 11.3 Å². The predicted molar refractivity (Wildman–Crippen MR) is 125 cm³/mol. The molecule has 9 nitrogen and oxygen atoms in total. The normalized spacial score (nSPS) is 12.0. The summed E-state index contributed by atoms with van der Waals surface area (Å²) in [6.07, 6.45) is 3.34. The molecule has 0 saturated heterocycles. The van der Waals surface area contributed by atoms with E-state index < -0.39 is 28.7 Å². The molecule has 1 atom stereocenters. The number of aliphatic carboxylic acids is 1. The van der Waals surface area contributed by atoms with Crippen molar-refractivity contribution in [1.29, 1.82) is 0 Å². The van der Waals surface area contributed by atoms with Gasteiger partial charge in [-0.05, 0) is 66.5 Å². The maximum Gasteiger partial charge on any atom is 0.326 e. The molecule has 3 N–H and O–H groups in total. The average Bonchev–Trinajstić information content (AvgIpc) is 2.76. The minimum atomic E-state index is -1.19. The number of carboxylic acids is 1. The molecule has 2 aromatic rings. The third kappa shape index (κ3) is 7.50. The minimum absolute atomic E-state index is 0.130. The van der Waals surface area contributed by atoms with Gasteiger partial charge in [-0.15, -0.1) is 0 Å². The lowest BCUT2D eigenvalue weighted by molar-refractivity contribution is -0.384. The van der Waals surface area contributed by atoms with E-state index in [0.717, 1.165) is 4.47 Å². The topological polar surface area (TPSA) is 139 Å². The van der Waals surface area contributed by atoms with E-state index in [1.807, 2.05) is 6.26 Å². The van der Waals surface area contributed by atoms with E-state index >= 15 is 0 Å². The Kier molecular flexibility index (Phi) is 9.41. The lowest BCUT2D eigenvalue weighted by Gasteiger charge is -2.16. The van der Waals surface area contributed by atoms with Crippen molar-refractivity contribution in [2.75, 3.05) is 12.0 Å². The maximum atomic E-state index is 12.8. The Balaban J connectivity index is 2.32. The number of nitro benzene ring substituents is 1. The van der Waals surface area contributed by atoms with Crippen LogP contribution >= 0.6 is 27.7 Å². The van der Waals surface area contributed by atoms with Gasteiger partial charge < -0.3 is 15.7 Å². The fourth-order valence-electron chi connectivity index (χ4n) is 2.54. The summed E-state index contributed by atoms with van der Waals surface area (Å²) in [4.78, 5) is 47.3. The highest BCUT2D eigenvalue weighted by molar-refractivity contribution is 9.10. The lowest BCUT2D eigenvalue weighted by atomic mass is 10.1. The van der Waals surface area contributed by atoms with Crippen LogP contribution in [0.2, 0.25) is 0 Å². The molecular formula is C21H20BrN3O6S. The molecule has 32 heavy (non-hydrogen) atoms. The number of carbonyl (C=O) groups excluding carboxylic acids is 2. The highest BCUT2D eigenvalue weighted by atomic mass is 79.9. The van der Waals surface area contributed by atoms with E-state index in [2.05, 4.69) is 26.6 Å². The summed E-state index contributed by atoms with van der Waals surface area (Å²) in [7, 11) is 0. The summed E-state index contributed by atoms with van der Waals surface area (Å²) in [5, 5.41) is 25.2. The molecule has 168 valence electrons. The molecule has 11 heteroatoms. The molecule has 0 heterocycles. The standard InChI is InChI=1S/C21H20BrN3O6S/c1-32-11-10-17(21(28)29)23-20(27)18(12-13-2-8-16(9-3-13)25(30)31)24-19(26)14-4-6-15(22)7-5-14/h2-9,12,17H,10-11H2,1H3,(H,23,27)(H,24,26)(H,28,29)/b18-12-. The van der Waals surface area contributed by atoms with Crippen molar-refractivity contribution in [3.63, 3.8) is 0 Å². The van der Waals surface area contributed by atoms with Crippen LogP contribution < -0.4 is 10.6 Å². The number of nitrogens with one attached hydrogen (secondary N) is 2. The van der Waals surface area contributed by atoms with Gasteiger partial charge in [0.1, 0.15) is 11.7 Å². The van der Waals surface area contributed by atoms with Gasteiger partial charge in [-0.25, -0.2) is 4.79 Å². The van der Waals surface area contributed by atoms with E-state index in [-0.39, 0.29) is 23.4 Å². The van der Waals surface area contributed by atoms with Crippen LogP contribution in [0.3, 0.4) is 0 Å². The summed E-state index contributed by atoms with van der Waals surface area (Å²) >= 11 is 4.72. The number of benzene rings is 2. The smallest absolute Gasteiger partial charge is 0.326 e. The van der Waals surface area contributed by atoms with Gasteiger partial charge >= 0.3 is 5.97 Å². The lowest BCUT2D eigenvalue weighted by Crippen LogP contribution is -2.44. The summed E-state index contributed by atoms with van der Waals surface area (Å²) in [6.45, 7) is 0. The molecule has 0 radical (unpaired) electrons. The van der Waals surface area contributed by atoms with Gasteiger partial charge in [0.25, 0.3) is 17.5 Å². The van der Waals surface area contributed by atoms with E-state index in [9.17, 15) is 29.6 Å². The zero-order chi connectivity index (χ0) is 23.7. The molecule has 0 aliphatic rings. The molecule has 0 saturated carbocycles. The molecule has 0 aliphatic heterocycles. The number of carbonyl (C=O) groups is 3. The zero-order valence-electron chi connectivity index (χ0n) is 16.9. The van der Waals surface area contributed by atoms with Crippen molar-refractivity contribution < 1.29 is 24.4 Å². The number of halogens is 1. The Labute approximate surface area is 196 Å². The molecular weight excluding hydrogens is 502 g/mol. The first-order valence-corrected chi connectivity index (χ1v) is 11.5. The quantitative estimate of drug-likeness (QED) is 0.247. The molecule has 0 bridgehead atoms. The van der Waals surface area contributed by atoms with Crippen LogP contribution in [-0.2, 0) is 9.59 Å². The average molecular weight is 522 g/mol. The van der Waals surface area contributed by atoms with Crippen LogP contribution in [0.5, 0.6) is 0 Å². The van der Waals surface area contributed by atoms with Crippen molar-refractivity contribution in [3.8, 4) is 0 Å². The van der Waals surface area contributed by atoms with Gasteiger partial charge in [0, 0.05) is 22.2 Å². The molecule has 1 unspecified atom stereocenters. The Bertz CT molecular complexity index is 1020. The number of carboxylic acid groups (broad SMARTS) is 1. The summed E-state index contributed by atoms with van der Waals surface area (Å²) in [5.74, 6) is -2.04. The molecule has 2 amide bonds. The number of rotatable bonds is 10. The Morgan fingerprint density at radius 3 is 2.31 bits per heavy atom. The van der Waals surface area contributed by atoms with Gasteiger partial charge in [0.05, 0.1) is 4.92 Å². The van der Waals surface area contributed by atoms with E-state index in [1.165, 1.54) is 42.1 Å². The van der Waals surface area contributed by atoms with Gasteiger partial charge in [0.15, 0.2) is 0 Å². The highest BCUT2D eigenvalue weighted by Gasteiger charge is 2.23. The Morgan fingerprint density at radius 1 is 1.16 bits per heavy atom. The molecule has 0 aromatic heterocycles. The van der Waals surface area contributed by atoms with Crippen LogP contribution in [-0.4, -0.2) is 45.9 Å². The van der Waals surface area contributed by atoms with Crippen LogP contribution in [0.15, 0.2) is 58.7 Å². The van der Waals surface area contributed by atoms with Crippen molar-refractivity contribution in [2.45, 2.75) is 12.5 Å². The number of hydrogen-bond acceptors (Lipinski definition) is 6. The maximum absolute atomic E-state index is 12.8. The van der Waals surface area contributed by atoms with Crippen molar-refractivity contribution in [2.24, 2.45) is 0 Å². The molecule has 0 spiro atoms. The Hall–Kier alpha value is -3.18. The van der Waals surface area contributed by atoms with E-state index in [4.69, 9.17) is 0 Å². The van der Waals surface area contributed by atoms with Crippen molar-refractivity contribution >= 4 is 57.2 Å². The van der Waals surface area contributed by atoms with Gasteiger partial charge in [-0.2, -0.15) is 11.8 Å². The van der Waals surface area contributed by atoms with Crippen molar-refractivity contribution in [1.82, 2.24) is 10.6 Å². The van der Waals surface area contributed by atoms with Gasteiger partial charge in [-0.1, -0.05) is 15.9 Å². The second-order valence-corrected chi connectivity index (χ2v) is 8.41. The fraction of sp³-hybridized carbons (Fsp3) is 0.190. The largest absolute Gasteiger partial charge is 0.480 e. The SMILES string of the molecule is CSCCC(NC(=O)/C(=C/c1ccc([N+](=O)[O-])cc1)NC(=O)c1ccc(Br)cc1)C(=O)O. The van der Waals surface area contributed by atoms with Crippen molar-refractivity contribution in [3.05, 3.63) is 79.9 Å². The second kappa shape index (κ2) is 12.0. The fourth-order valence-corrected chi connectivity index (χ4v) is 3.28. The minimum Gasteiger partial charge on any atom is -0.480 e.